The molecule has 4 nitrogen and oxygen atoms in total. The zero-order valence-corrected chi connectivity index (χ0v) is 11.3. The first-order chi connectivity index (χ1) is 9.50. The highest BCUT2D eigenvalue weighted by molar-refractivity contribution is 6.08. The Balaban J connectivity index is 2.30. The lowest BCUT2D eigenvalue weighted by Gasteiger charge is -2.22. The maximum absolute atomic E-state index is 11.5. The number of fused-ring (bicyclic) bond motifs is 3. The second-order valence-electron chi connectivity index (χ2n) is 5.40. The van der Waals surface area contributed by atoms with E-state index in [1.54, 1.807) is 6.92 Å². The van der Waals surface area contributed by atoms with Gasteiger partial charge in [-0.25, -0.2) is 0 Å². The number of benzene rings is 2. The maximum Gasteiger partial charge on any atom is 0.239 e. The van der Waals surface area contributed by atoms with Gasteiger partial charge in [-0.05, 0) is 19.1 Å². The van der Waals surface area contributed by atoms with Crippen molar-refractivity contribution in [3.05, 3.63) is 48.5 Å². The predicted octanol–water partition coefficient (Wildman–Crippen LogP) is 2.00. The van der Waals surface area contributed by atoms with E-state index in [1.807, 2.05) is 36.4 Å². The average Bonchev–Trinajstić information content (AvgIpc) is 2.74. The van der Waals surface area contributed by atoms with Crippen LogP contribution in [0, 0.1) is 0 Å². The Labute approximate surface area is 117 Å². The van der Waals surface area contributed by atoms with E-state index in [0.717, 1.165) is 21.8 Å². The second kappa shape index (κ2) is 4.35. The number of hydrogen-bond donors (Lipinski definition) is 2. The lowest BCUT2D eigenvalue weighted by molar-refractivity contribution is -0.122. The number of para-hydroxylation sites is 2. The standard InChI is InChI=1S/C16H17N3O/c1-16(18,15(17)20)10-19-13-8-4-2-6-11(13)12-7-3-5-9-14(12)19/h2-9H,10,18H2,1H3,(H2,17,20). The fourth-order valence-corrected chi connectivity index (χ4v) is 2.58. The fourth-order valence-electron chi connectivity index (χ4n) is 2.58. The summed E-state index contributed by atoms with van der Waals surface area (Å²) in [7, 11) is 0. The Morgan fingerprint density at radius 1 is 1.05 bits per heavy atom. The SMILES string of the molecule is CC(N)(Cn1c2ccccc2c2ccccc21)C(N)=O. The molecule has 0 aliphatic carbocycles. The molecule has 0 aliphatic rings. The molecule has 1 heterocycles. The molecular weight excluding hydrogens is 250 g/mol. The number of primary amides is 1. The van der Waals surface area contributed by atoms with Crippen LogP contribution in [0.2, 0.25) is 0 Å². The van der Waals surface area contributed by atoms with E-state index >= 15 is 0 Å². The lowest BCUT2D eigenvalue weighted by Crippen LogP contribution is -2.52. The van der Waals surface area contributed by atoms with E-state index in [4.69, 9.17) is 11.5 Å². The van der Waals surface area contributed by atoms with E-state index in [1.165, 1.54) is 0 Å². The molecule has 4 N–H and O–H groups in total. The molecule has 102 valence electrons. The van der Waals surface area contributed by atoms with Crippen LogP contribution < -0.4 is 11.5 Å². The number of amides is 1. The summed E-state index contributed by atoms with van der Waals surface area (Å²) in [6, 6.07) is 16.2. The number of carbonyl (C=O) groups is 1. The number of hydrogen-bond acceptors (Lipinski definition) is 2. The lowest BCUT2D eigenvalue weighted by atomic mass is 10.0. The molecule has 1 atom stereocenters. The van der Waals surface area contributed by atoms with Gasteiger partial charge in [0.25, 0.3) is 0 Å². The molecule has 20 heavy (non-hydrogen) atoms. The van der Waals surface area contributed by atoms with Crippen LogP contribution in [-0.2, 0) is 11.3 Å². The Morgan fingerprint density at radius 3 is 1.95 bits per heavy atom. The molecular formula is C16H17N3O. The minimum atomic E-state index is -1.08. The molecule has 1 unspecified atom stereocenters. The topological polar surface area (TPSA) is 74.0 Å². The molecule has 1 amide bonds. The van der Waals surface area contributed by atoms with Gasteiger partial charge in [-0.1, -0.05) is 36.4 Å². The van der Waals surface area contributed by atoms with Crippen LogP contribution in [0.25, 0.3) is 21.8 Å². The smallest absolute Gasteiger partial charge is 0.239 e. The summed E-state index contributed by atoms with van der Waals surface area (Å²) in [4.78, 5) is 11.5. The van der Waals surface area contributed by atoms with Crippen LogP contribution >= 0.6 is 0 Å². The van der Waals surface area contributed by atoms with Crippen molar-refractivity contribution in [3.63, 3.8) is 0 Å². The van der Waals surface area contributed by atoms with Crippen molar-refractivity contribution in [2.45, 2.75) is 19.0 Å². The van der Waals surface area contributed by atoms with E-state index < -0.39 is 11.4 Å². The molecule has 2 aromatic carbocycles. The van der Waals surface area contributed by atoms with Crippen molar-refractivity contribution in [1.82, 2.24) is 4.57 Å². The third kappa shape index (κ3) is 1.85. The van der Waals surface area contributed by atoms with Gasteiger partial charge in [-0.2, -0.15) is 0 Å². The molecule has 4 heteroatoms. The molecule has 3 aromatic rings. The van der Waals surface area contributed by atoms with Crippen LogP contribution in [0.15, 0.2) is 48.5 Å². The number of rotatable bonds is 3. The number of carbonyl (C=O) groups excluding carboxylic acids is 1. The Hall–Kier alpha value is -2.33. The van der Waals surface area contributed by atoms with Crippen molar-refractivity contribution in [1.29, 1.82) is 0 Å². The second-order valence-corrected chi connectivity index (χ2v) is 5.40. The molecule has 0 spiro atoms. The van der Waals surface area contributed by atoms with Gasteiger partial charge in [-0.15, -0.1) is 0 Å². The Kier molecular flexibility index (Phi) is 2.76. The first-order valence-corrected chi connectivity index (χ1v) is 6.55. The van der Waals surface area contributed by atoms with Crippen molar-refractivity contribution in [2.24, 2.45) is 11.5 Å². The number of nitrogens with zero attached hydrogens (tertiary/aromatic N) is 1. The van der Waals surface area contributed by atoms with Gasteiger partial charge < -0.3 is 16.0 Å². The van der Waals surface area contributed by atoms with E-state index in [9.17, 15) is 4.79 Å². The molecule has 0 fully saturated rings. The molecule has 0 aliphatic heterocycles. The Morgan fingerprint density at radius 2 is 1.50 bits per heavy atom. The van der Waals surface area contributed by atoms with Gasteiger partial charge in [0.2, 0.25) is 5.91 Å². The zero-order chi connectivity index (χ0) is 14.3. The van der Waals surface area contributed by atoms with Gasteiger partial charge in [0.05, 0.1) is 0 Å². The van der Waals surface area contributed by atoms with Gasteiger partial charge in [0, 0.05) is 28.4 Å². The van der Waals surface area contributed by atoms with E-state index in [2.05, 4.69) is 16.7 Å². The average molecular weight is 267 g/mol. The zero-order valence-electron chi connectivity index (χ0n) is 11.3. The summed E-state index contributed by atoms with van der Waals surface area (Å²) in [5.74, 6) is -0.501. The molecule has 3 rings (SSSR count). The summed E-state index contributed by atoms with van der Waals surface area (Å²) in [6.07, 6.45) is 0. The molecule has 0 bridgehead atoms. The number of nitrogens with two attached hydrogens (primary N) is 2. The predicted molar refractivity (Wildman–Crippen MR) is 81.2 cm³/mol. The van der Waals surface area contributed by atoms with Crippen LogP contribution in [0.1, 0.15) is 6.92 Å². The maximum atomic E-state index is 11.5. The summed E-state index contributed by atoms with van der Waals surface area (Å²) >= 11 is 0. The normalized spacial score (nSPS) is 14.5. The minimum Gasteiger partial charge on any atom is -0.368 e. The molecule has 0 radical (unpaired) electrons. The van der Waals surface area contributed by atoms with Crippen molar-refractivity contribution in [3.8, 4) is 0 Å². The van der Waals surface area contributed by atoms with Gasteiger partial charge in [-0.3, -0.25) is 4.79 Å². The summed E-state index contributed by atoms with van der Waals surface area (Å²) in [5, 5.41) is 2.31. The molecule has 1 aromatic heterocycles. The fraction of sp³-hybridized carbons (Fsp3) is 0.188. The minimum absolute atomic E-state index is 0.357. The van der Waals surface area contributed by atoms with Crippen molar-refractivity contribution in [2.75, 3.05) is 0 Å². The Bertz CT molecular complexity index is 748. The third-order valence-electron chi connectivity index (χ3n) is 3.73. The molecule has 0 saturated carbocycles. The van der Waals surface area contributed by atoms with Crippen LogP contribution in [0.4, 0.5) is 0 Å². The van der Waals surface area contributed by atoms with Gasteiger partial charge >= 0.3 is 0 Å². The molecule has 0 saturated heterocycles. The summed E-state index contributed by atoms with van der Waals surface area (Å²) < 4.78 is 2.06. The number of aromatic nitrogens is 1. The highest BCUT2D eigenvalue weighted by atomic mass is 16.1. The van der Waals surface area contributed by atoms with Crippen LogP contribution in [0.5, 0.6) is 0 Å². The van der Waals surface area contributed by atoms with Crippen LogP contribution in [-0.4, -0.2) is 16.0 Å². The van der Waals surface area contributed by atoms with Crippen LogP contribution in [0.3, 0.4) is 0 Å². The third-order valence-corrected chi connectivity index (χ3v) is 3.73. The van der Waals surface area contributed by atoms with Gasteiger partial charge in [0.15, 0.2) is 0 Å². The highest BCUT2D eigenvalue weighted by Crippen LogP contribution is 2.29. The highest BCUT2D eigenvalue weighted by Gasteiger charge is 2.27. The van der Waals surface area contributed by atoms with Crippen molar-refractivity contribution >= 4 is 27.7 Å². The largest absolute Gasteiger partial charge is 0.368 e. The summed E-state index contributed by atoms with van der Waals surface area (Å²) in [5.41, 5.74) is 12.5. The van der Waals surface area contributed by atoms with E-state index in [0.29, 0.717) is 6.54 Å². The van der Waals surface area contributed by atoms with Gasteiger partial charge in [0.1, 0.15) is 5.54 Å². The summed E-state index contributed by atoms with van der Waals surface area (Å²) in [6.45, 7) is 2.02. The quantitative estimate of drug-likeness (QED) is 0.761. The first-order valence-electron chi connectivity index (χ1n) is 6.55. The van der Waals surface area contributed by atoms with Crippen molar-refractivity contribution < 1.29 is 4.79 Å². The first kappa shape index (κ1) is 12.7. The van der Waals surface area contributed by atoms with E-state index in [-0.39, 0.29) is 0 Å². The monoisotopic (exact) mass is 267 g/mol.